The zero-order chi connectivity index (χ0) is 7.98. The third-order valence-electron chi connectivity index (χ3n) is 0.838. The largest absolute Gasteiger partial charge is 0.273 e. The monoisotopic (exact) mass is 163 g/mol. The van der Waals surface area contributed by atoms with Gasteiger partial charge in [0.25, 0.3) is 0 Å². The topological polar surface area (TPSA) is 45.0 Å². The van der Waals surface area contributed by atoms with Crippen molar-refractivity contribution in [3.8, 4) is 0 Å². The Hall–Kier alpha value is -0.640. The van der Waals surface area contributed by atoms with Gasteiger partial charge in [-0.05, 0) is 0 Å². The molecule has 0 spiro atoms. The third-order valence-corrected chi connectivity index (χ3v) is 1.01. The van der Waals surface area contributed by atoms with Crippen molar-refractivity contribution in [2.75, 3.05) is 19.5 Å². The lowest BCUT2D eigenvalue weighted by molar-refractivity contribution is -0.127. The van der Waals surface area contributed by atoms with E-state index in [0.717, 1.165) is 5.01 Å². The van der Waals surface area contributed by atoms with E-state index >= 15 is 0 Å². The Morgan fingerprint density at radius 2 is 2.30 bits per heavy atom. The molecule has 0 aliphatic heterocycles. The second-order valence-electron chi connectivity index (χ2n) is 1.69. The first-order chi connectivity index (χ1) is 4.68. The minimum atomic E-state index is -0.140. The summed E-state index contributed by atoms with van der Waals surface area (Å²) in [6.45, 7) is 1.86. The number of rotatable bonds is 3. The Morgan fingerprint density at radius 1 is 1.70 bits per heavy atom. The lowest BCUT2D eigenvalue weighted by Gasteiger charge is -2.03. The molecule has 0 bridgehead atoms. The zero-order valence-electron chi connectivity index (χ0n) is 6.04. The predicted octanol–water partition coefficient (Wildman–Crippen LogP) is 1.07. The summed E-state index contributed by atoms with van der Waals surface area (Å²) < 4.78 is 0. The van der Waals surface area contributed by atoms with Crippen LogP contribution in [0.15, 0.2) is 10.3 Å². The summed E-state index contributed by atoms with van der Waals surface area (Å²) in [7, 11) is 1.54. The zero-order valence-corrected chi connectivity index (χ0v) is 6.80. The normalized spacial score (nSPS) is 10.3. The van der Waals surface area contributed by atoms with E-state index in [0.29, 0.717) is 12.4 Å². The van der Waals surface area contributed by atoms with Gasteiger partial charge in [0, 0.05) is 19.9 Å². The molecule has 5 heteroatoms. The Kier molecular flexibility index (Phi) is 4.84. The van der Waals surface area contributed by atoms with Gasteiger partial charge >= 0.3 is 0 Å². The van der Waals surface area contributed by atoms with Crippen LogP contribution in [0.3, 0.4) is 0 Å². The molecule has 1 amide bonds. The van der Waals surface area contributed by atoms with Gasteiger partial charge in [-0.2, -0.15) is 5.11 Å². The van der Waals surface area contributed by atoms with Crippen molar-refractivity contribution in [1.82, 2.24) is 5.01 Å². The van der Waals surface area contributed by atoms with Gasteiger partial charge in [0.15, 0.2) is 0 Å². The minimum Gasteiger partial charge on any atom is -0.273 e. The summed E-state index contributed by atoms with van der Waals surface area (Å²) in [6.07, 6.45) is 0. The molecule has 0 radical (unpaired) electrons. The highest BCUT2D eigenvalue weighted by molar-refractivity contribution is 6.18. The summed E-state index contributed by atoms with van der Waals surface area (Å²) in [5.74, 6) is 0.285. The van der Waals surface area contributed by atoms with E-state index in [4.69, 9.17) is 11.6 Å². The number of halogens is 1. The maximum atomic E-state index is 10.5. The van der Waals surface area contributed by atoms with Crippen molar-refractivity contribution < 1.29 is 4.79 Å². The summed E-state index contributed by atoms with van der Waals surface area (Å²) in [4.78, 5) is 10.5. The van der Waals surface area contributed by atoms with Crippen molar-refractivity contribution in [1.29, 1.82) is 0 Å². The molecule has 0 aromatic rings. The van der Waals surface area contributed by atoms with Crippen LogP contribution in [-0.4, -0.2) is 30.4 Å². The molecule has 0 fully saturated rings. The van der Waals surface area contributed by atoms with E-state index in [1.807, 2.05) is 0 Å². The number of nitrogens with zero attached hydrogens (tertiary/aromatic N) is 3. The number of carbonyl (C=O) groups excluding carboxylic acids is 1. The molecule has 0 unspecified atom stereocenters. The van der Waals surface area contributed by atoms with Gasteiger partial charge in [0.05, 0.1) is 6.54 Å². The smallest absolute Gasteiger partial charge is 0.240 e. The molecule has 0 saturated heterocycles. The highest BCUT2D eigenvalue weighted by Gasteiger charge is 1.96. The van der Waals surface area contributed by atoms with Gasteiger partial charge in [-0.1, -0.05) is 5.22 Å². The Morgan fingerprint density at radius 3 is 2.70 bits per heavy atom. The summed E-state index contributed by atoms with van der Waals surface area (Å²) >= 11 is 5.31. The van der Waals surface area contributed by atoms with Crippen LogP contribution in [-0.2, 0) is 4.79 Å². The molecule has 0 aliphatic carbocycles. The van der Waals surface area contributed by atoms with Crippen LogP contribution in [0, 0.1) is 0 Å². The summed E-state index contributed by atoms with van der Waals surface area (Å²) in [5, 5.41) is 8.31. The van der Waals surface area contributed by atoms with Crippen molar-refractivity contribution in [3.05, 3.63) is 0 Å². The fraction of sp³-hybridized carbons (Fsp3) is 0.800. The third kappa shape index (κ3) is 4.26. The molecule has 0 atom stereocenters. The molecular weight excluding hydrogens is 154 g/mol. The van der Waals surface area contributed by atoms with E-state index in [1.165, 1.54) is 6.92 Å². The van der Waals surface area contributed by atoms with Crippen molar-refractivity contribution >= 4 is 17.5 Å². The maximum Gasteiger partial charge on any atom is 0.240 e. The standard InChI is InChI=1S/C5H10ClN3O/c1-5(10)9(2)8-7-4-3-6/h3-4H2,1-2H3/b8-7+. The second-order valence-corrected chi connectivity index (χ2v) is 2.06. The molecule has 0 aromatic carbocycles. The molecule has 4 nitrogen and oxygen atoms in total. The van der Waals surface area contributed by atoms with Crippen LogP contribution in [0.2, 0.25) is 0 Å². The van der Waals surface area contributed by atoms with E-state index in [2.05, 4.69) is 10.3 Å². The highest BCUT2D eigenvalue weighted by Crippen LogP contribution is 1.86. The van der Waals surface area contributed by atoms with Crippen LogP contribution < -0.4 is 0 Å². The first-order valence-electron chi connectivity index (χ1n) is 2.86. The van der Waals surface area contributed by atoms with Crippen LogP contribution in [0.4, 0.5) is 0 Å². The Labute approximate surface area is 64.8 Å². The van der Waals surface area contributed by atoms with Gasteiger partial charge < -0.3 is 0 Å². The average Bonchev–Trinajstić information content (AvgIpc) is 1.88. The fourth-order valence-electron chi connectivity index (χ4n) is 0.240. The van der Waals surface area contributed by atoms with Gasteiger partial charge in [0.1, 0.15) is 0 Å². The predicted molar refractivity (Wildman–Crippen MR) is 38.9 cm³/mol. The van der Waals surface area contributed by atoms with Crippen molar-refractivity contribution in [2.45, 2.75) is 6.92 Å². The SMILES string of the molecule is CC(=O)N(C)/N=N/CCCl. The lowest BCUT2D eigenvalue weighted by atomic mass is 10.7. The second kappa shape index (κ2) is 5.17. The van der Waals surface area contributed by atoms with E-state index in [-0.39, 0.29) is 5.91 Å². The maximum absolute atomic E-state index is 10.5. The molecule has 0 aromatic heterocycles. The summed E-state index contributed by atoms with van der Waals surface area (Å²) in [6, 6.07) is 0. The number of alkyl halides is 1. The Balaban J connectivity index is 3.55. The molecule has 0 saturated carbocycles. The molecular formula is C5H10ClN3O. The Bertz CT molecular complexity index is 137. The number of carbonyl (C=O) groups is 1. The van der Waals surface area contributed by atoms with Gasteiger partial charge in [-0.15, -0.1) is 11.6 Å². The highest BCUT2D eigenvalue weighted by atomic mass is 35.5. The van der Waals surface area contributed by atoms with Gasteiger partial charge in [-0.25, -0.2) is 5.01 Å². The van der Waals surface area contributed by atoms with Crippen LogP contribution >= 0.6 is 11.6 Å². The van der Waals surface area contributed by atoms with Crippen LogP contribution in [0.1, 0.15) is 6.92 Å². The van der Waals surface area contributed by atoms with Crippen LogP contribution in [0.25, 0.3) is 0 Å². The van der Waals surface area contributed by atoms with Gasteiger partial charge in [0.2, 0.25) is 5.91 Å². The average molecular weight is 164 g/mol. The number of hydrogen-bond acceptors (Lipinski definition) is 3. The minimum absolute atomic E-state index is 0.140. The molecule has 10 heavy (non-hydrogen) atoms. The molecule has 0 aliphatic rings. The van der Waals surface area contributed by atoms with Crippen molar-refractivity contribution in [3.63, 3.8) is 0 Å². The molecule has 0 rings (SSSR count). The van der Waals surface area contributed by atoms with Gasteiger partial charge in [-0.3, -0.25) is 4.79 Å². The first kappa shape index (κ1) is 9.36. The lowest BCUT2D eigenvalue weighted by Crippen LogP contribution is -2.16. The number of hydrogen-bond donors (Lipinski definition) is 0. The first-order valence-corrected chi connectivity index (χ1v) is 3.39. The fourth-order valence-corrected chi connectivity index (χ4v) is 0.316. The quantitative estimate of drug-likeness (QED) is 0.349. The number of amides is 1. The molecule has 0 N–H and O–H groups in total. The van der Waals surface area contributed by atoms with Crippen molar-refractivity contribution in [2.24, 2.45) is 10.3 Å². The van der Waals surface area contributed by atoms with Crippen LogP contribution in [0.5, 0.6) is 0 Å². The van der Waals surface area contributed by atoms with E-state index in [9.17, 15) is 4.79 Å². The molecule has 58 valence electrons. The van der Waals surface area contributed by atoms with E-state index < -0.39 is 0 Å². The van der Waals surface area contributed by atoms with E-state index in [1.54, 1.807) is 7.05 Å². The molecule has 0 heterocycles. The summed E-state index contributed by atoms with van der Waals surface area (Å²) in [5.41, 5.74) is 0.